The molecule has 3 atom stereocenters. The molecule has 0 saturated heterocycles. The van der Waals surface area contributed by atoms with Gasteiger partial charge in [-0.05, 0) is 57.8 Å². The van der Waals surface area contributed by atoms with Crippen LogP contribution in [-0.4, -0.2) is 68.5 Å². The fourth-order valence-electron chi connectivity index (χ4n) is 8.63. The molecule has 9 heteroatoms. The Balaban J connectivity index is 3.95. The Morgan fingerprint density at radius 1 is 0.507 bits per heavy atom. The van der Waals surface area contributed by atoms with Crippen LogP contribution in [0, 0.1) is 0 Å². The van der Waals surface area contributed by atoms with Crippen LogP contribution in [0.1, 0.15) is 277 Å². The van der Waals surface area contributed by atoms with Crippen molar-refractivity contribution < 1.29 is 32.9 Å². The molecule has 0 aliphatic rings. The molecule has 0 aromatic carbocycles. The van der Waals surface area contributed by atoms with Crippen molar-refractivity contribution in [2.75, 3.05) is 40.9 Å². The molecule has 0 aromatic heterocycles. The van der Waals surface area contributed by atoms with Crippen LogP contribution < -0.4 is 10.2 Å². The average molecular weight is 992 g/mol. The van der Waals surface area contributed by atoms with Gasteiger partial charge in [-0.15, -0.1) is 0 Å². The summed E-state index contributed by atoms with van der Waals surface area (Å²) < 4.78 is 23.3. The molecule has 69 heavy (non-hydrogen) atoms. The highest BCUT2D eigenvalue weighted by Crippen LogP contribution is 2.38. The first-order chi connectivity index (χ1) is 33.5. The van der Waals surface area contributed by atoms with E-state index in [9.17, 15) is 19.4 Å². The lowest BCUT2D eigenvalue weighted by atomic mass is 10.0. The van der Waals surface area contributed by atoms with Crippen molar-refractivity contribution in [3.8, 4) is 0 Å². The number of aliphatic hydroxyl groups excluding tert-OH is 1. The zero-order valence-corrected chi connectivity index (χ0v) is 47.2. The Morgan fingerprint density at radius 2 is 0.841 bits per heavy atom. The first-order valence-corrected chi connectivity index (χ1v) is 31.0. The quantitative estimate of drug-likeness (QED) is 0.0272. The number of carbonyl (C=O) groups excluding carboxylic acids is 1. The van der Waals surface area contributed by atoms with Gasteiger partial charge in [0.05, 0.1) is 39.9 Å². The second kappa shape index (κ2) is 51.4. The third kappa shape index (κ3) is 54.1. The fraction of sp³-hybridized carbons (Fsp3) is 0.850. The number of nitrogens with zero attached hydrogens (tertiary/aromatic N) is 1. The van der Waals surface area contributed by atoms with E-state index in [4.69, 9.17) is 9.05 Å². The lowest BCUT2D eigenvalue weighted by molar-refractivity contribution is -0.870. The van der Waals surface area contributed by atoms with Gasteiger partial charge >= 0.3 is 0 Å². The van der Waals surface area contributed by atoms with Gasteiger partial charge in [-0.2, -0.15) is 0 Å². The van der Waals surface area contributed by atoms with E-state index >= 15 is 0 Å². The minimum Gasteiger partial charge on any atom is -0.756 e. The maximum Gasteiger partial charge on any atom is 0.268 e. The molecule has 0 saturated carbocycles. The van der Waals surface area contributed by atoms with Crippen molar-refractivity contribution >= 4 is 13.7 Å². The summed E-state index contributed by atoms with van der Waals surface area (Å²) in [4.78, 5) is 25.4. The summed E-state index contributed by atoms with van der Waals surface area (Å²) in [5.41, 5.74) is 0. The number of unbranched alkanes of at least 4 members (excludes halogenated alkanes) is 35. The zero-order valence-electron chi connectivity index (χ0n) is 46.3. The molecule has 406 valence electrons. The van der Waals surface area contributed by atoms with Crippen LogP contribution in [-0.2, 0) is 18.4 Å². The molecule has 0 aromatic rings. The van der Waals surface area contributed by atoms with E-state index in [0.717, 1.165) is 51.4 Å². The predicted octanol–water partition coefficient (Wildman–Crippen LogP) is 17.3. The van der Waals surface area contributed by atoms with Gasteiger partial charge < -0.3 is 28.8 Å². The minimum absolute atomic E-state index is 0.000211. The second-order valence-corrected chi connectivity index (χ2v) is 22.8. The Hall–Kier alpha value is -1.54. The van der Waals surface area contributed by atoms with Crippen LogP contribution in [0.25, 0.3) is 0 Å². The first kappa shape index (κ1) is 67.5. The largest absolute Gasteiger partial charge is 0.756 e. The number of likely N-dealkylation sites (N-methyl/N-ethyl adjacent to an activating group) is 1. The van der Waals surface area contributed by atoms with Crippen LogP contribution in [0.2, 0.25) is 0 Å². The fourth-order valence-corrected chi connectivity index (χ4v) is 9.36. The monoisotopic (exact) mass is 991 g/mol. The topological polar surface area (TPSA) is 108 Å². The van der Waals surface area contributed by atoms with Crippen molar-refractivity contribution in [3.05, 3.63) is 48.6 Å². The van der Waals surface area contributed by atoms with Gasteiger partial charge in [-0.3, -0.25) is 9.36 Å². The van der Waals surface area contributed by atoms with E-state index in [1.807, 2.05) is 27.2 Å². The molecular formula is C60H115N2O6P. The maximum absolute atomic E-state index is 12.9. The van der Waals surface area contributed by atoms with E-state index in [1.165, 1.54) is 205 Å². The summed E-state index contributed by atoms with van der Waals surface area (Å²) in [6.45, 7) is 4.64. The first-order valence-electron chi connectivity index (χ1n) is 29.5. The molecular weight excluding hydrogens is 876 g/mol. The van der Waals surface area contributed by atoms with Crippen molar-refractivity contribution in [1.29, 1.82) is 0 Å². The highest BCUT2D eigenvalue weighted by Gasteiger charge is 2.23. The Morgan fingerprint density at radius 3 is 1.22 bits per heavy atom. The van der Waals surface area contributed by atoms with Crippen LogP contribution >= 0.6 is 7.82 Å². The van der Waals surface area contributed by atoms with E-state index < -0.39 is 20.0 Å². The number of phosphoric ester groups is 1. The van der Waals surface area contributed by atoms with E-state index in [-0.39, 0.29) is 19.1 Å². The van der Waals surface area contributed by atoms with Gasteiger partial charge in [-0.25, -0.2) is 0 Å². The van der Waals surface area contributed by atoms with Crippen LogP contribution in [0.3, 0.4) is 0 Å². The molecule has 0 aliphatic carbocycles. The summed E-state index contributed by atoms with van der Waals surface area (Å²) in [6, 6.07) is -0.884. The van der Waals surface area contributed by atoms with Gasteiger partial charge in [0, 0.05) is 6.42 Å². The average Bonchev–Trinajstić information content (AvgIpc) is 3.31. The summed E-state index contributed by atoms with van der Waals surface area (Å²) in [7, 11) is 1.27. The Bertz CT molecular complexity index is 1260. The number of carbonyl (C=O) groups is 1. The molecule has 3 unspecified atom stereocenters. The van der Waals surface area contributed by atoms with Crippen LogP contribution in [0.4, 0.5) is 0 Å². The molecule has 8 nitrogen and oxygen atoms in total. The Kier molecular flexibility index (Phi) is 50.2. The van der Waals surface area contributed by atoms with Crippen LogP contribution in [0.15, 0.2) is 48.6 Å². The molecule has 0 rings (SSSR count). The summed E-state index contributed by atoms with van der Waals surface area (Å²) >= 11 is 0. The van der Waals surface area contributed by atoms with Crippen molar-refractivity contribution in [2.45, 2.75) is 289 Å². The molecule has 0 radical (unpaired) electrons. The van der Waals surface area contributed by atoms with Gasteiger partial charge in [-0.1, -0.05) is 262 Å². The number of phosphoric acid groups is 1. The molecule has 2 N–H and O–H groups in total. The SMILES string of the molecule is CCCCCCC/C=C\C/C=C\C/C=C\CCCCCCCCCCCCCCCCCCCCCCC(=O)NC(COP(=O)([O-])OCC[N+](C)(C)C)C(O)/C=C/CCCCCCCCCCCC. The van der Waals surface area contributed by atoms with Gasteiger partial charge in [0.15, 0.2) is 0 Å². The summed E-state index contributed by atoms with van der Waals surface area (Å²) in [5.74, 6) is -0.195. The number of aliphatic hydroxyl groups is 1. The third-order valence-electron chi connectivity index (χ3n) is 13.3. The smallest absolute Gasteiger partial charge is 0.268 e. The molecule has 1 amide bonds. The van der Waals surface area contributed by atoms with Gasteiger partial charge in [0.1, 0.15) is 13.2 Å². The normalized spacial score (nSPS) is 14.2. The number of amides is 1. The Labute approximate surface area is 429 Å². The summed E-state index contributed by atoms with van der Waals surface area (Å²) in [6.07, 6.45) is 67.8. The number of hydrogen-bond acceptors (Lipinski definition) is 6. The molecule has 0 aliphatic heterocycles. The predicted molar refractivity (Wildman–Crippen MR) is 298 cm³/mol. The maximum atomic E-state index is 12.9. The van der Waals surface area contributed by atoms with Crippen molar-refractivity contribution in [1.82, 2.24) is 5.32 Å². The third-order valence-corrected chi connectivity index (χ3v) is 14.2. The second-order valence-electron chi connectivity index (χ2n) is 21.4. The standard InChI is InChI=1S/C60H115N2O6P/c1-6-8-10-12-14-16-18-20-21-22-23-24-25-26-27-28-29-30-31-32-33-34-35-36-37-38-39-40-41-42-44-46-48-50-52-54-60(64)61-58(57-68-69(65,66)67-56-55-62(3,4)5)59(63)53-51-49-47-45-43-19-17-15-13-11-9-7-2/h18,20,22-23,25-26,51,53,58-59,63H,6-17,19,21,24,27-50,52,54-57H2,1-5H3,(H-,61,64,65,66)/b20-18-,23-22-,26-25-,53-51+. The highest BCUT2D eigenvalue weighted by atomic mass is 31.2. The van der Waals surface area contributed by atoms with Crippen molar-refractivity contribution in [3.63, 3.8) is 0 Å². The lowest BCUT2D eigenvalue weighted by Crippen LogP contribution is -2.45. The highest BCUT2D eigenvalue weighted by molar-refractivity contribution is 7.45. The van der Waals surface area contributed by atoms with Crippen molar-refractivity contribution in [2.24, 2.45) is 0 Å². The zero-order chi connectivity index (χ0) is 50.6. The molecule has 0 spiro atoms. The van der Waals surface area contributed by atoms with E-state index in [0.29, 0.717) is 17.4 Å². The number of rotatable bonds is 54. The number of hydrogen-bond donors (Lipinski definition) is 2. The van der Waals surface area contributed by atoms with E-state index in [1.54, 1.807) is 6.08 Å². The molecule has 0 heterocycles. The number of quaternary nitrogens is 1. The lowest BCUT2D eigenvalue weighted by Gasteiger charge is -2.29. The molecule has 0 fully saturated rings. The van der Waals surface area contributed by atoms with Crippen LogP contribution in [0.5, 0.6) is 0 Å². The van der Waals surface area contributed by atoms with Gasteiger partial charge in [0.2, 0.25) is 5.91 Å². The number of nitrogens with one attached hydrogen (secondary N) is 1. The summed E-state index contributed by atoms with van der Waals surface area (Å²) in [5, 5.41) is 13.8. The van der Waals surface area contributed by atoms with Gasteiger partial charge in [0.25, 0.3) is 7.82 Å². The number of allylic oxidation sites excluding steroid dienone is 7. The minimum atomic E-state index is -4.59. The van der Waals surface area contributed by atoms with E-state index in [2.05, 4.69) is 55.6 Å². The molecule has 0 bridgehead atoms.